The minimum atomic E-state index is 0.714. The van der Waals surface area contributed by atoms with Crippen molar-refractivity contribution in [2.24, 2.45) is 0 Å². The molecule has 1 N–H and O–H groups in total. The van der Waals surface area contributed by atoms with Gasteiger partial charge in [0.25, 0.3) is 0 Å². The fourth-order valence-corrected chi connectivity index (χ4v) is 3.01. The highest BCUT2D eigenvalue weighted by Gasteiger charge is 2.24. The molecule has 1 saturated carbocycles. The molecule has 0 heterocycles. The van der Waals surface area contributed by atoms with Crippen LogP contribution in [0.3, 0.4) is 0 Å². The van der Waals surface area contributed by atoms with Gasteiger partial charge in [-0.1, -0.05) is 42.5 Å². The second kappa shape index (κ2) is 4.50. The Labute approximate surface area is 103 Å². The van der Waals surface area contributed by atoms with Gasteiger partial charge >= 0.3 is 0 Å². The molecule has 0 amide bonds. The lowest BCUT2D eigenvalue weighted by atomic mass is 9.95. The van der Waals surface area contributed by atoms with Crippen molar-refractivity contribution in [1.82, 2.24) is 5.32 Å². The van der Waals surface area contributed by atoms with E-state index in [0.29, 0.717) is 6.04 Å². The quantitative estimate of drug-likeness (QED) is 0.821. The topological polar surface area (TPSA) is 12.0 Å². The molecule has 0 aromatic heterocycles. The molecule has 0 spiro atoms. The molecular weight excluding hydrogens is 206 g/mol. The average molecular weight is 225 g/mol. The summed E-state index contributed by atoms with van der Waals surface area (Å²) >= 11 is 0. The zero-order valence-corrected chi connectivity index (χ0v) is 10.3. The smallest absolute Gasteiger partial charge is 0.00701 e. The van der Waals surface area contributed by atoms with Crippen LogP contribution >= 0.6 is 0 Å². The summed E-state index contributed by atoms with van der Waals surface area (Å²) < 4.78 is 0. The number of fused-ring (bicyclic) bond motifs is 1. The van der Waals surface area contributed by atoms with E-state index in [1.807, 2.05) is 0 Å². The first-order valence-electron chi connectivity index (χ1n) is 6.53. The minimum Gasteiger partial charge on any atom is -0.317 e. The molecule has 0 aliphatic heterocycles. The fraction of sp³-hybridized carbons (Fsp3) is 0.375. The molecule has 3 rings (SSSR count). The third-order valence-corrected chi connectivity index (χ3v) is 4.09. The van der Waals surface area contributed by atoms with E-state index >= 15 is 0 Å². The van der Waals surface area contributed by atoms with Crippen LogP contribution in [0, 0.1) is 0 Å². The molecule has 1 nitrogen and oxygen atoms in total. The van der Waals surface area contributed by atoms with Gasteiger partial charge in [-0.15, -0.1) is 0 Å². The largest absolute Gasteiger partial charge is 0.317 e. The van der Waals surface area contributed by atoms with E-state index in [9.17, 15) is 0 Å². The number of hydrogen-bond donors (Lipinski definition) is 1. The predicted molar refractivity (Wildman–Crippen MR) is 73.4 cm³/mol. The number of hydrogen-bond acceptors (Lipinski definition) is 1. The van der Waals surface area contributed by atoms with Crippen LogP contribution in [0.1, 0.15) is 30.7 Å². The summed E-state index contributed by atoms with van der Waals surface area (Å²) in [7, 11) is 2.08. The second-order valence-corrected chi connectivity index (χ2v) is 5.10. The number of benzene rings is 2. The van der Waals surface area contributed by atoms with E-state index in [1.165, 1.54) is 35.6 Å². The van der Waals surface area contributed by atoms with Gasteiger partial charge in [-0.3, -0.25) is 0 Å². The van der Waals surface area contributed by atoms with Gasteiger partial charge < -0.3 is 5.32 Å². The van der Waals surface area contributed by atoms with E-state index in [1.54, 1.807) is 0 Å². The monoisotopic (exact) mass is 225 g/mol. The highest BCUT2D eigenvalue weighted by Crippen LogP contribution is 2.35. The lowest BCUT2D eigenvalue weighted by molar-refractivity contribution is 0.572. The van der Waals surface area contributed by atoms with Gasteiger partial charge in [0, 0.05) is 6.04 Å². The zero-order chi connectivity index (χ0) is 11.7. The Balaban J connectivity index is 1.91. The fourth-order valence-electron chi connectivity index (χ4n) is 3.01. The molecule has 2 aromatic rings. The highest BCUT2D eigenvalue weighted by molar-refractivity contribution is 5.83. The lowest BCUT2D eigenvalue weighted by Crippen LogP contribution is -2.21. The molecule has 0 saturated heterocycles. The summed E-state index contributed by atoms with van der Waals surface area (Å²) in [6.45, 7) is 0. The predicted octanol–water partition coefficient (Wildman–Crippen LogP) is 3.70. The molecule has 1 aliphatic rings. The molecule has 2 aromatic carbocycles. The van der Waals surface area contributed by atoms with Crippen LogP contribution in [0.5, 0.6) is 0 Å². The van der Waals surface area contributed by atoms with Crippen molar-refractivity contribution in [3.05, 3.63) is 48.0 Å². The Hall–Kier alpha value is -1.34. The minimum absolute atomic E-state index is 0.714. The second-order valence-electron chi connectivity index (χ2n) is 5.10. The summed E-state index contributed by atoms with van der Waals surface area (Å²) in [4.78, 5) is 0. The average Bonchev–Trinajstić information content (AvgIpc) is 2.87. The van der Waals surface area contributed by atoms with Gasteiger partial charge in [0.2, 0.25) is 0 Å². The molecule has 1 aliphatic carbocycles. The molecule has 17 heavy (non-hydrogen) atoms. The summed E-state index contributed by atoms with van der Waals surface area (Å²) in [5.74, 6) is 0.747. The van der Waals surface area contributed by atoms with Gasteiger partial charge in [0.05, 0.1) is 0 Å². The highest BCUT2D eigenvalue weighted by atomic mass is 14.9. The molecule has 0 bridgehead atoms. The van der Waals surface area contributed by atoms with E-state index in [4.69, 9.17) is 0 Å². The Morgan fingerprint density at radius 2 is 1.82 bits per heavy atom. The maximum absolute atomic E-state index is 3.40. The third kappa shape index (κ3) is 2.07. The maximum atomic E-state index is 3.40. The van der Waals surface area contributed by atoms with Gasteiger partial charge in [-0.05, 0) is 48.6 Å². The molecule has 0 radical (unpaired) electrons. The van der Waals surface area contributed by atoms with E-state index in [-0.39, 0.29) is 0 Å². The molecule has 2 atom stereocenters. The molecular formula is C16H19N. The first kappa shape index (κ1) is 10.8. The normalized spacial score (nSPS) is 24.3. The number of rotatable bonds is 2. The standard InChI is InChI=1S/C16H19N/c1-17-16-9-8-15(11-16)14-7-6-12-4-2-3-5-13(12)10-14/h2-7,10,15-17H,8-9,11H2,1H3. The van der Waals surface area contributed by atoms with Crippen LogP contribution in [-0.2, 0) is 0 Å². The van der Waals surface area contributed by atoms with E-state index < -0.39 is 0 Å². The summed E-state index contributed by atoms with van der Waals surface area (Å²) in [6.07, 6.45) is 3.92. The maximum Gasteiger partial charge on any atom is 0.00701 e. The van der Waals surface area contributed by atoms with E-state index in [0.717, 1.165) is 5.92 Å². The van der Waals surface area contributed by atoms with Crippen molar-refractivity contribution >= 4 is 10.8 Å². The van der Waals surface area contributed by atoms with Crippen LogP contribution in [0.4, 0.5) is 0 Å². The van der Waals surface area contributed by atoms with Crippen molar-refractivity contribution < 1.29 is 0 Å². The van der Waals surface area contributed by atoms with Gasteiger partial charge in [0.15, 0.2) is 0 Å². The van der Waals surface area contributed by atoms with Crippen LogP contribution < -0.4 is 5.32 Å². The Kier molecular flexibility index (Phi) is 2.86. The Morgan fingerprint density at radius 1 is 1.00 bits per heavy atom. The van der Waals surface area contributed by atoms with E-state index in [2.05, 4.69) is 54.8 Å². The van der Waals surface area contributed by atoms with Crippen LogP contribution in [-0.4, -0.2) is 13.1 Å². The SMILES string of the molecule is CNC1CCC(c2ccc3ccccc3c2)C1. The Bertz CT molecular complexity index is 518. The molecule has 1 heteroatoms. The first-order chi connectivity index (χ1) is 8.36. The zero-order valence-electron chi connectivity index (χ0n) is 10.3. The van der Waals surface area contributed by atoms with Gasteiger partial charge in [-0.25, -0.2) is 0 Å². The third-order valence-electron chi connectivity index (χ3n) is 4.09. The van der Waals surface area contributed by atoms with Crippen molar-refractivity contribution in [2.45, 2.75) is 31.2 Å². The van der Waals surface area contributed by atoms with Gasteiger partial charge in [0.1, 0.15) is 0 Å². The van der Waals surface area contributed by atoms with Crippen molar-refractivity contribution in [3.63, 3.8) is 0 Å². The Morgan fingerprint density at radius 3 is 2.59 bits per heavy atom. The van der Waals surface area contributed by atoms with Crippen molar-refractivity contribution in [2.75, 3.05) is 7.05 Å². The molecule has 1 fully saturated rings. The van der Waals surface area contributed by atoms with Crippen LogP contribution in [0.15, 0.2) is 42.5 Å². The molecule has 2 unspecified atom stereocenters. The summed E-state index contributed by atoms with van der Waals surface area (Å²) in [5.41, 5.74) is 1.52. The molecule has 88 valence electrons. The summed E-state index contributed by atoms with van der Waals surface area (Å²) in [6, 6.07) is 16.3. The lowest BCUT2D eigenvalue weighted by Gasteiger charge is -2.12. The first-order valence-corrected chi connectivity index (χ1v) is 6.53. The van der Waals surface area contributed by atoms with Gasteiger partial charge in [-0.2, -0.15) is 0 Å². The van der Waals surface area contributed by atoms with Crippen molar-refractivity contribution in [3.8, 4) is 0 Å². The van der Waals surface area contributed by atoms with Crippen LogP contribution in [0.2, 0.25) is 0 Å². The summed E-state index contributed by atoms with van der Waals surface area (Å²) in [5, 5.41) is 6.12. The van der Waals surface area contributed by atoms with Crippen LogP contribution in [0.25, 0.3) is 10.8 Å². The number of nitrogens with one attached hydrogen (secondary N) is 1. The van der Waals surface area contributed by atoms with Crippen molar-refractivity contribution in [1.29, 1.82) is 0 Å².